The number of allylic oxidation sites excluding steroid dienone is 2. The number of benzene rings is 1. The van der Waals surface area contributed by atoms with Gasteiger partial charge in [-0.25, -0.2) is 5.01 Å². The van der Waals surface area contributed by atoms with Crippen molar-refractivity contribution >= 4 is 11.3 Å². The van der Waals surface area contributed by atoms with Gasteiger partial charge in [-0.3, -0.25) is 9.99 Å². The summed E-state index contributed by atoms with van der Waals surface area (Å²) in [6, 6.07) is 8.80. The lowest BCUT2D eigenvalue weighted by atomic mass is 10.1. The maximum atomic E-state index is 12.8. The summed E-state index contributed by atoms with van der Waals surface area (Å²) in [5.74, 6) is 0.618. The quantitative estimate of drug-likeness (QED) is 0.779. The van der Waals surface area contributed by atoms with Gasteiger partial charge in [-0.1, -0.05) is 6.07 Å². The summed E-state index contributed by atoms with van der Waals surface area (Å²) in [4.78, 5) is 4.41. The molecule has 8 heteroatoms. The lowest BCUT2D eigenvalue weighted by Crippen LogP contribution is -2.38. The summed E-state index contributed by atoms with van der Waals surface area (Å²) in [5.41, 5.74) is 2.50. The Kier molecular flexibility index (Phi) is 3.75. The first-order valence-electron chi connectivity index (χ1n) is 7.90. The van der Waals surface area contributed by atoms with Crippen LogP contribution in [0, 0.1) is 6.92 Å². The average molecular weight is 357 g/mol. The number of alkyl halides is 3. The Morgan fingerprint density at radius 3 is 2.54 bits per heavy atom. The fourth-order valence-electron chi connectivity index (χ4n) is 2.88. The molecule has 0 aliphatic carbocycles. The van der Waals surface area contributed by atoms with Crippen molar-refractivity contribution in [3.63, 3.8) is 0 Å². The van der Waals surface area contributed by atoms with Gasteiger partial charge in [0.2, 0.25) is 0 Å². The molecule has 0 atom stereocenters. The van der Waals surface area contributed by atoms with Gasteiger partial charge in [0.05, 0.1) is 16.9 Å². The second-order valence-electron chi connectivity index (χ2n) is 5.93. The van der Waals surface area contributed by atoms with Crippen LogP contribution in [-0.4, -0.2) is 16.7 Å². The van der Waals surface area contributed by atoms with E-state index in [0.717, 1.165) is 29.0 Å². The van der Waals surface area contributed by atoms with Crippen molar-refractivity contribution in [1.29, 1.82) is 0 Å². The molecule has 1 aromatic carbocycles. The highest BCUT2D eigenvalue weighted by atomic mass is 19.4. The summed E-state index contributed by atoms with van der Waals surface area (Å²) in [6.07, 6.45) is 1.03. The topological polar surface area (TPSA) is 44.1 Å². The SMILES string of the molecule is Cc1cccnc1C1=CN(c2ccc(C(F)(F)F)cc2)N2CN=NC2=C1. The van der Waals surface area contributed by atoms with Crippen LogP contribution in [0.4, 0.5) is 18.9 Å². The van der Waals surface area contributed by atoms with E-state index >= 15 is 0 Å². The van der Waals surface area contributed by atoms with Gasteiger partial charge >= 0.3 is 6.18 Å². The number of hydrogen-bond acceptors (Lipinski definition) is 5. The Labute approximate surface area is 147 Å². The van der Waals surface area contributed by atoms with Crippen LogP contribution >= 0.6 is 0 Å². The molecule has 2 aromatic rings. The van der Waals surface area contributed by atoms with Crippen molar-refractivity contribution in [1.82, 2.24) is 9.99 Å². The normalized spacial score (nSPS) is 16.5. The molecule has 0 unspecified atom stereocenters. The molecule has 0 amide bonds. The summed E-state index contributed by atoms with van der Waals surface area (Å²) in [5, 5.41) is 11.7. The largest absolute Gasteiger partial charge is 0.416 e. The third kappa shape index (κ3) is 2.83. The van der Waals surface area contributed by atoms with Gasteiger partial charge in [-0.15, -0.1) is 5.11 Å². The van der Waals surface area contributed by atoms with E-state index in [1.165, 1.54) is 12.1 Å². The maximum absolute atomic E-state index is 12.8. The van der Waals surface area contributed by atoms with Crippen molar-refractivity contribution in [3.8, 4) is 0 Å². The van der Waals surface area contributed by atoms with E-state index in [0.29, 0.717) is 18.2 Å². The third-order valence-corrected chi connectivity index (χ3v) is 4.18. The molecule has 5 nitrogen and oxygen atoms in total. The Bertz CT molecular complexity index is 929. The molecule has 0 fully saturated rings. The van der Waals surface area contributed by atoms with E-state index in [-0.39, 0.29) is 0 Å². The molecule has 132 valence electrons. The Morgan fingerprint density at radius 2 is 1.85 bits per heavy atom. The predicted molar refractivity (Wildman–Crippen MR) is 90.5 cm³/mol. The first-order valence-corrected chi connectivity index (χ1v) is 7.90. The van der Waals surface area contributed by atoms with Crippen LogP contribution in [0.2, 0.25) is 0 Å². The van der Waals surface area contributed by atoms with Crippen LogP contribution in [0.5, 0.6) is 0 Å². The number of anilines is 1. The molecule has 0 radical (unpaired) electrons. The van der Waals surface area contributed by atoms with E-state index in [1.54, 1.807) is 16.2 Å². The van der Waals surface area contributed by atoms with Crippen LogP contribution in [0.25, 0.3) is 5.57 Å². The molecule has 0 N–H and O–H groups in total. The van der Waals surface area contributed by atoms with Crippen LogP contribution < -0.4 is 5.01 Å². The van der Waals surface area contributed by atoms with Gasteiger partial charge in [0, 0.05) is 18.0 Å². The fourth-order valence-corrected chi connectivity index (χ4v) is 2.88. The minimum atomic E-state index is -4.37. The highest BCUT2D eigenvalue weighted by Crippen LogP contribution is 2.35. The van der Waals surface area contributed by atoms with E-state index < -0.39 is 11.7 Å². The lowest BCUT2D eigenvalue weighted by molar-refractivity contribution is -0.137. The number of nitrogens with zero attached hydrogens (tertiary/aromatic N) is 5. The molecule has 0 bridgehead atoms. The molecule has 0 saturated heterocycles. The molecule has 0 saturated carbocycles. The molecule has 3 heterocycles. The lowest BCUT2D eigenvalue weighted by Gasteiger charge is -2.34. The van der Waals surface area contributed by atoms with Gasteiger partial charge in [0.25, 0.3) is 0 Å². The number of hydrogen-bond donors (Lipinski definition) is 0. The number of azo groups is 1. The summed E-state index contributed by atoms with van der Waals surface area (Å²) >= 11 is 0. The highest BCUT2D eigenvalue weighted by Gasteiger charge is 2.31. The molecule has 1 aromatic heterocycles. The zero-order chi connectivity index (χ0) is 18.3. The van der Waals surface area contributed by atoms with Gasteiger partial charge in [-0.05, 0) is 48.9 Å². The highest BCUT2D eigenvalue weighted by molar-refractivity contribution is 5.78. The second kappa shape index (κ2) is 5.98. The molecule has 2 aliphatic heterocycles. The Morgan fingerprint density at radius 1 is 1.08 bits per heavy atom. The van der Waals surface area contributed by atoms with Gasteiger partial charge < -0.3 is 0 Å². The van der Waals surface area contributed by atoms with Gasteiger partial charge in [0.1, 0.15) is 0 Å². The Balaban J connectivity index is 1.75. The summed E-state index contributed by atoms with van der Waals surface area (Å²) in [6.45, 7) is 2.25. The fraction of sp³-hybridized carbons (Fsp3) is 0.167. The smallest absolute Gasteiger partial charge is 0.257 e. The molecular formula is C18H14F3N5. The summed E-state index contributed by atoms with van der Waals surface area (Å²) in [7, 11) is 0. The number of pyridine rings is 1. The standard InChI is InChI=1S/C18H14F3N5/c1-12-3-2-8-22-17(12)13-9-16-24-23-11-26(16)25(10-13)15-6-4-14(5-7-15)18(19,20)21/h2-10H,11H2,1H3. The van der Waals surface area contributed by atoms with Crippen LogP contribution in [0.15, 0.2) is 70.9 Å². The number of rotatable bonds is 2. The number of aromatic nitrogens is 1. The minimum absolute atomic E-state index is 0.303. The zero-order valence-corrected chi connectivity index (χ0v) is 13.8. The van der Waals surface area contributed by atoms with Crippen LogP contribution in [0.3, 0.4) is 0 Å². The van der Waals surface area contributed by atoms with Crippen molar-refractivity contribution in [2.45, 2.75) is 13.1 Å². The monoisotopic (exact) mass is 357 g/mol. The molecule has 26 heavy (non-hydrogen) atoms. The number of hydrazine groups is 1. The number of fused-ring (bicyclic) bond motifs is 1. The summed E-state index contributed by atoms with van der Waals surface area (Å²) < 4.78 is 38.5. The number of aryl methyl sites for hydroxylation is 1. The van der Waals surface area contributed by atoms with Crippen LogP contribution in [0.1, 0.15) is 16.8 Å². The van der Waals surface area contributed by atoms with Crippen molar-refractivity contribution < 1.29 is 13.2 Å². The molecule has 4 rings (SSSR count). The minimum Gasteiger partial charge on any atom is -0.257 e. The van der Waals surface area contributed by atoms with E-state index in [4.69, 9.17) is 0 Å². The van der Waals surface area contributed by atoms with Gasteiger partial charge in [-0.2, -0.15) is 18.3 Å². The maximum Gasteiger partial charge on any atom is 0.416 e. The first-order chi connectivity index (χ1) is 12.4. The van der Waals surface area contributed by atoms with Gasteiger partial charge in [0.15, 0.2) is 12.5 Å². The number of halogens is 3. The zero-order valence-electron chi connectivity index (χ0n) is 13.8. The molecule has 2 aliphatic rings. The van der Waals surface area contributed by atoms with Crippen molar-refractivity contribution in [2.24, 2.45) is 10.2 Å². The van der Waals surface area contributed by atoms with E-state index in [2.05, 4.69) is 15.2 Å². The Hall–Kier alpha value is -3.16. The van der Waals surface area contributed by atoms with E-state index in [9.17, 15) is 13.2 Å². The molecular weight excluding hydrogens is 343 g/mol. The third-order valence-electron chi connectivity index (χ3n) is 4.18. The van der Waals surface area contributed by atoms with Crippen molar-refractivity contribution in [2.75, 3.05) is 11.7 Å². The predicted octanol–water partition coefficient (Wildman–Crippen LogP) is 4.75. The van der Waals surface area contributed by atoms with E-state index in [1.807, 2.05) is 31.3 Å². The van der Waals surface area contributed by atoms with Crippen molar-refractivity contribution in [3.05, 3.63) is 77.5 Å². The first kappa shape index (κ1) is 16.3. The average Bonchev–Trinajstić information content (AvgIpc) is 3.09. The van der Waals surface area contributed by atoms with Crippen LogP contribution in [-0.2, 0) is 6.18 Å². The molecule has 0 spiro atoms. The second-order valence-corrected chi connectivity index (χ2v) is 5.93.